The zero-order valence-corrected chi connectivity index (χ0v) is 14.5. The van der Waals surface area contributed by atoms with E-state index in [0.29, 0.717) is 28.9 Å². The molecule has 0 spiro atoms. The molecule has 3 aromatic heterocycles. The number of aryl methyl sites for hydroxylation is 2. The molecule has 1 atom stereocenters. The summed E-state index contributed by atoms with van der Waals surface area (Å²) in [4.78, 5) is 40.5. The number of amides is 1. The van der Waals surface area contributed by atoms with Crippen LogP contribution in [0.4, 0.5) is 0 Å². The quantitative estimate of drug-likeness (QED) is 0.719. The summed E-state index contributed by atoms with van der Waals surface area (Å²) in [5, 5.41) is 6.65. The van der Waals surface area contributed by atoms with Crippen LogP contribution in [0.1, 0.15) is 30.3 Å². The molecule has 8 nitrogen and oxygen atoms in total. The zero-order chi connectivity index (χ0) is 17.7. The molecule has 4 heterocycles. The van der Waals surface area contributed by atoms with Gasteiger partial charge in [-0.1, -0.05) is 5.16 Å². The molecule has 9 heteroatoms. The number of nitrogens with one attached hydrogen (secondary N) is 2. The molecule has 4 rings (SSSR count). The average Bonchev–Trinajstić information content (AvgIpc) is 3.10. The zero-order valence-electron chi connectivity index (χ0n) is 13.7. The lowest BCUT2D eigenvalue weighted by molar-refractivity contribution is -0.123. The van der Waals surface area contributed by atoms with Crippen LogP contribution in [-0.2, 0) is 4.79 Å². The molecule has 1 saturated heterocycles. The van der Waals surface area contributed by atoms with Crippen molar-refractivity contribution in [3.05, 3.63) is 38.4 Å². The van der Waals surface area contributed by atoms with Crippen LogP contribution in [-0.4, -0.2) is 27.2 Å². The van der Waals surface area contributed by atoms with E-state index in [4.69, 9.17) is 4.52 Å². The van der Waals surface area contributed by atoms with Gasteiger partial charge in [0.2, 0.25) is 5.91 Å². The maximum Gasteiger partial charge on any atom is 0.329 e. The van der Waals surface area contributed by atoms with Gasteiger partial charge in [-0.2, -0.15) is 0 Å². The highest BCUT2D eigenvalue weighted by atomic mass is 32.1. The molecule has 0 saturated carbocycles. The number of aromatic amines is 1. The van der Waals surface area contributed by atoms with E-state index in [0.717, 1.165) is 16.1 Å². The Balaban J connectivity index is 1.89. The molecule has 1 aliphatic rings. The Morgan fingerprint density at radius 3 is 2.80 bits per heavy atom. The molecule has 25 heavy (non-hydrogen) atoms. The van der Waals surface area contributed by atoms with Crippen LogP contribution in [0.15, 0.2) is 20.2 Å². The summed E-state index contributed by atoms with van der Waals surface area (Å²) >= 11 is 1.29. The van der Waals surface area contributed by atoms with Gasteiger partial charge in [0, 0.05) is 17.8 Å². The largest absolute Gasteiger partial charge is 0.361 e. The number of fused-ring (bicyclic) bond motifs is 1. The predicted octanol–water partition coefficient (Wildman–Crippen LogP) is 1.47. The number of rotatable bonds is 2. The minimum Gasteiger partial charge on any atom is -0.361 e. The molecule has 130 valence electrons. The van der Waals surface area contributed by atoms with Gasteiger partial charge >= 0.3 is 5.69 Å². The first-order chi connectivity index (χ1) is 12.0. The lowest BCUT2D eigenvalue weighted by Gasteiger charge is -2.23. The molecule has 0 radical (unpaired) electrons. The summed E-state index contributed by atoms with van der Waals surface area (Å²) in [7, 11) is 0. The molecule has 3 aromatic rings. The molecule has 2 N–H and O–H groups in total. The lowest BCUT2D eigenvalue weighted by Crippen LogP contribution is -2.43. The Kier molecular flexibility index (Phi) is 3.60. The van der Waals surface area contributed by atoms with Crippen molar-refractivity contribution >= 4 is 27.5 Å². The second-order valence-electron chi connectivity index (χ2n) is 6.15. The van der Waals surface area contributed by atoms with Gasteiger partial charge in [0.1, 0.15) is 10.5 Å². The molecule has 1 unspecified atom stereocenters. The van der Waals surface area contributed by atoms with Gasteiger partial charge in [0.15, 0.2) is 0 Å². The number of carbonyl (C=O) groups is 1. The molecule has 1 amide bonds. The summed E-state index contributed by atoms with van der Waals surface area (Å²) in [6.45, 7) is 4.10. The first-order valence-electron chi connectivity index (χ1n) is 7.94. The Morgan fingerprint density at radius 1 is 1.32 bits per heavy atom. The van der Waals surface area contributed by atoms with Gasteiger partial charge in [-0.25, -0.2) is 4.79 Å². The summed E-state index contributed by atoms with van der Waals surface area (Å²) in [5.41, 5.74) is 1.22. The van der Waals surface area contributed by atoms with Crippen LogP contribution < -0.4 is 16.6 Å². The number of hydrogen-bond donors (Lipinski definition) is 2. The van der Waals surface area contributed by atoms with Crippen molar-refractivity contribution in [2.75, 3.05) is 6.54 Å². The summed E-state index contributed by atoms with van der Waals surface area (Å²) < 4.78 is 6.82. The predicted molar refractivity (Wildman–Crippen MR) is 93.0 cm³/mol. The highest BCUT2D eigenvalue weighted by Gasteiger charge is 2.25. The number of H-pyrrole nitrogens is 1. The minimum absolute atomic E-state index is 0.136. The van der Waals surface area contributed by atoms with E-state index in [2.05, 4.69) is 15.5 Å². The van der Waals surface area contributed by atoms with Crippen LogP contribution in [0.3, 0.4) is 0 Å². The van der Waals surface area contributed by atoms with Crippen molar-refractivity contribution in [3.63, 3.8) is 0 Å². The van der Waals surface area contributed by atoms with Crippen LogP contribution >= 0.6 is 11.3 Å². The summed E-state index contributed by atoms with van der Waals surface area (Å²) in [6, 6.07) is 1.35. The lowest BCUT2D eigenvalue weighted by atomic mass is 10.1. The standard InChI is InChI=1S/C16H16N4O4S/c1-7-13(8(2)24-19-7)11-6-10-14(25-11)15(22)20(16(23)18-10)9-3-4-17-12(21)5-9/h6,9H,3-5H2,1-2H3,(H,17,21)(H,18,23). The molecule has 0 bridgehead atoms. The fourth-order valence-corrected chi connectivity index (χ4v) is 4.49. The molecule has 0 aliphatic carbocycles. The number of aromatic nitrogens is 3. The van der Waals surface area contributed by atoms with E-state index in [1.807, 2.05) is 6.92 Å². The minimum atomic E-state index is -0.486. The van der Waals surface area contributed by atoms with E-state index in [9.17, 15) is 14.4 Å². The average molecular weight is 360 g/mol. The molecular formula is C16H16N4O4S. The Hall–Kier alpha value is -2.68. The van der Waals surface area contributed by atoms with Crippen molar-refractivity contribution in [2.24, 2.45) is 0 Å². The number of hydrogen-bond acceptors (Lipinski definition) is 6. The molecule has 1 aliphatic heterocycles. The third-order valence-electron chi connectivity index (χ3n) is 4.47. The van der Waals surface area contributed by atoms with E-state index < -0.39 is 11.7 Å². The van der Waals surface area contributed by atoms with Crippen LogP contribution in [0.2, 0.25) is 0 Å². The number of thiophene rings is 1. The van der Waals surface area contributed by atoms with E-state index in [-0.39, 0.29) is 17.9 Å². The van der Waals surface area contributed by atoms with Crippen molar-refractivity contribution in [1.29, 1.82) is 0 Å². The normalized spacial score (nSPS) is 17.8. The van der Waals surface area contributed by atoms with Gasteiger partial charge in [0.05, 0.1) is 22.8 Å². The Bertz CT molecular complexity index is 1080. The smallest absolute Gasteiger partial charge is 0.329 e. The molecular weight excluding hydrogens is 344 g/mol. The maximum atomic E-state index is 12.9. The van der Waals surface area contributed by atoms with Crippen molar-refractivity contribution < 1.29 is 9.32 Å². The van der Waals surface area contributed by atoms with Gasteiger partial charge in [-0.05, 0) is 26.3 Å². The van der Waals surface area contributed by atoms with Gasteiger partial charge in [-0.3, -0.25) is 14.2 Å². The van der Waals surface area contributed by atoms with Crippen LogP contribution in [0.25, 0.3) is 20.7 Å². The number of piperidine rings is 1. The highest BCUT2D eigenvalue weighted by molar-refractivity contribution is 7.22. The topological polar surface area (TPSA) is 110 Å². The van der Waals surface area contributed by atoms with E-state index >= 15 is 0 Å². The second kappa shape index (κ2) is 5.69. The highest BCUT2D eigenvalue weighted by Crippen LogP contribution is 2.34. The Labute approximate surface area is 145 Å². The van der Waals surface area contributed by atoms with Gasteiger partial charge < -0.3 is 14.8 Å². The number of carbonyl (C=O) groups excluding carboxylic acids is 1. The van der Waals surface area contributed by atoms with E-state index in [1.165, 1.54) is 15.9 Å². The van der Waals surface area contributed by atoms with Crippen LogP contribution in [0.5, 0.6) is 0 Å². The SMILES string of the molecule is Cc1noc(C)c1-c1cc2[nH]c(=O)n(C3CCNC(=O)C3)c(=O)c2s1. The molecule has 1 fully saturated rings. The van der Waals surface area contributed by atoms with Crippen molar-refractivity contribution in [2.45, 2.75) is 32.7 Å². The number of nitrogens with zero attached hydrogens (tertiary/aromatic N) is 2. The van der Waals surface area contributed by atoms with E-state index in [1.54, 1.807) is 13.0 Å². The maximum absolute atomic E-state index is 12.9. The fourth-order valence-electron chi connectivity index (χ4n) is 3.30. The third-order valence-corrected chi connectivity index (χ3v) is 5.61. The first-order valence-corrected chi connectivity index (χ1v) is 8.75. The monoisotopic (exact) mass is 360 g/mol. The third kappa shape index (κ3) is 2.51. The van der Waals surface area contributed by atoms with Gasteiger partial charge in [-0.15, -0.1) is 11.3 Å². The molecule has 0 aromatic carbocycles. The van der Waals surface area contributed by atoms with Gasteiger partial charge in [0.25, 0.3) is 5.56 Å². The van der Waals surface area contributed by atoms with Crippen LogP contribution in [0, 0.1) is 13.8 Å². The van der Waals surface area contributed by atoms with Crippen molar-refractivity contribution in [1.82, 2.24) is 20.0 Å². The Morgan fingerprint density at radius 2 is 2.12 bits per heavy atom. The fraction of sp³-hybridized carbons (Fsp3) is 0.375. The van der Waals surface area contributed by atoms with Crippen molar-refractivity contribution in [3.8, 4) is 10.4 Å². The summed E-state index contributed by atoms with van der Waals surface area (Å²) in [5.74, 6) is 0.515. The first kappa shape index (κ1) is 15.8. The summed E-state index contributed by atoms with van der Waals surface area (Å²) in [6.07, 6.45) is 0.693. The second-order valence-corrected chi connectivity index (χ2v) is 7.21.